The zero-order valence-corrected chi connectivity index (χ0v) is 17.9. The molecule has 2 aromatic rings. The fraction of sp³-hybridized carbons (Fsp3) is 0.318. The summed E-state index contributed by atoms with van der Waals surface area (Å²) in [5, 5.41) is 17.1. The molecule has 2 aromatic carbocycles. The van der Waals surface area contributed by atoms with Crippen LogP contribution in [0.1, 0.15) is 18.1 Å². The molecular formula is C22H19Cl2N3O4. The Bertz CT molecular complexity index is 1140. The lowest BCUT2D eigenvalue weighted by atomic mass is 9.76. The monoisotopic (exact) mass is 459 g/mol. The summed E-state index contributed by atoms with van der Waals surface area (Å²) >= 11 is 12.5. The fourth-order valence-corrected chi connectivity index (χ4v) is 5.57. The van der Waals surface area contributed by atoms with E-state index in [-0.39, 0.29) is 6.54 Å². The van der Waals surface area contributed by atoms with Gasteiger partial charge in [0, 0.05) is 16.6 Å². The Hall–Kier alpha value is -2.45. The van der Waals surface area contributed by atoms with Crippen LogP contribution in [0.5, 0.6) is 0 Å². The molecule has 2 fully saturated rings. The number of hydrogen-bond donors (Lipinski definition) is 3. The summed E-state index contributed by atoms with van der Waals surface area (Å²) < 4.78 is 0. The number of nitrogens with one attached hydrogen (secondary N) is 2. The van der Waals surface area contributed by atoms with Crippen molar-refractivity contribution >= 4 is 46.6 Å². The maximum Gasteiger partial charge on any atom is 0.250 e. The van der Waals surface area contributed by atoms with Crippen molar-refractivity contribution in [3.63, 3.8) is 0 Å². The topological polar surface area (TPSA) is 98.7 Å². The number of hydrogen-bond acceptors (Lipinski definition) is 5. The Balaban J connectivity index is 1.63. The van der Waals surface area contributed by atoms with E-state index in [9.17, 15) is 19.5 Å². The molecule has 0 radical (unpaired) electrons. The van der Waals surface area contributed by atoms with E-state index in [4.69, 9.17) is 23.2 Å². The number of benzene rings is 2. The molecule has 2 saturated heterocycles. The van der Waals surface area contributed by atoms with Gasteiger partial charge in [-0.2, -0.15) is 0 Å². The van der Waals surface area contributed by atoms with Crippen molar-refractivity contribution in [2.24, 2.45) is 11.8 Å². The number of fused-ring (bicyclic) bond motifs is 4. The Morgan fingerprint density at radius 3 is 2.48 bits per heavy atom. The van der Waals surface area contributed by atoms with E-state index in [2.05, 4.69) is 10.6 Å². The van der Waals surface area contributed by atoms with Crippen LogP contribution in [0.3, 0.4) is 0 Å². The molecule has 0 bridgehead atoms. The average molecular weight is 460 g/mol. The van der Waals surface area contributed by atoms with Crippen molar-refractivity contribution < 1.29 is 19.5 Å². The summed E-state index contributed by atoms with van der Waals surface area (Å²) in [6.07, 6.45) is -0.972. The number of imide groups is 1. The van der Waals surface area contributed by atoms with E-state index in [0.717, 1.165) is 4.90 Å². The summed E-state index contributed by atoms with van der Waals surface area (Å²) in [6, 6.07) is 11.2. The lowest BCUT2D eigenvalue weighted by molar-refractivity contribution is -0.143. The van der Waals surface area contributed by atoms with E-state index in [1.165, 1.54) is 6.92 Å². The number of amides is 3. The number of rotatable bonds is 3. The zero-order chi connectivity index (χ0) is 22.1. The minimum absolute atomic E-state index is 0.00300. The van der Waals surface area contributed by atoms with Crippen LogP contribution in [0.25, 0.3) is 0 Å². The zero-order valence-electron chi connectivity index (χ0n) is 16.4. The van der Waals surface area contributed by atoms with E-state index in [1.807, 2.05) is 0 Å². The molecule has 31 heavy (non-hydrogen) atoms. The van der Waals surface area contributed by atoms with E-state index < -0.39 is 47.2 Å². The van der Waals surface area contributed by atoms with Gasteiger partial charge in [-0.05, 0) is 24.6 Å². The minimum Gasteiger partial charge on any atom is -0.392 e. The summed E-state index contributed by atoms with van der Waals surface area (Å²) in [6.45, 7) is 1.53. The Kier molecular flexibility index (Phi) is 4.64. The fourth-order valence-electron chi connectivity index (χ4n) is 5.15. The van der Waals surface area contributed by atoms with Crippen LogP contribution < -0.4 is 10.6 Å². The summed E-state index contributed by atoms with van der Waals surface area (Å²) in [5.74, 6) is -3.29. The molecule has 1 spiro atoms. The molecular weight excluding hydrogens is 441 g/mol. The van der Waals surface area contributed by atoms with Crippen molar-refractivity contribution in [2.75, 3.05) is 5.32 Å². The lowest BCUT2D eigenvalue weighted by Crippen LogP contribution is -2.54. The highest BCUT2D eigenvalue weighted by Gasteiger charge is 2.71. The summed E-state index contributed by atoms with van der Waals surface area (Å²) in [7, 11) is 0. The molecule has 3 aliphatic heterocycles. The molecule has 160 valence electrons. The standard InChI is InChI=1S/C22H19Cl2N3O4/c1-10(28)17-15-16(20(30)27(19(15)29)9-11-5-2-3-7-13(11)23)22(26-17)12-6-4-8-14(24)18(12)25-21(22)31/h2-8,10,15-17,26,28H,9H2,1H3,(H,25,31)/t10-,15-,16-,17+,22+/m0/s1. The van der Waals surface area contributed by atoms with Gasteiger partial charge in [0.25, 0.3) is 0 Å². The SMILES string of the molecule is C[C@H](O)[C@H]1N[C@@]2(C(=O)Nc3c(Cl)cccc32)[C@@H]2C(=O)N(Cc3ccccc3Cl)C(=O)[C@H]12. The Morgan fingerprint density at radius 1 is 1.06 bits per heavy atom. The molecule has 3 N–H and O–H groups in total. The van der Waals surface area contributed by atoms with Gasteiger partial charge in [0.2, 0.25) is 17.7 Å². The number of carbonyl (C=O) groups excluding carboxylic acids is 3. The van der Waals surface area contributed by atoms with Crippen molar-refractivity contribution in [3.8, 4) is 0 Å². The molecule has 0 aromatic heterocycles. The number of nitrogens with zero attached hydrogens (tertiary/aromatic N) is 1. The van der Waals surface area contributed by atoms with E-state index in [0.29, 0.717) is 26.9 Å². The van der Waals surface area contributed by atoms with Crippen molar-refractivity contribution in [1.82, 2.24) is 10.2 Å². The smallest absolute Gasteiger partial charge is 0.250 e. The Labute approximate surface area is 188 Å². The number of likely N-dealkylation sites (tertiary alicyclic amines) is 1. The van der Waals surface area contributed by atoms with Crippen LogP contribution in [0.4, 0.5) is 5.69 Å². The van der Waals surface area contributed by atoms with Crippen LogP contribution in [0, 0.1) is 11.8 Å². The molecule has 0 unspecified atom stereocenters. The minimum atomic E-state index is -1.49. The van der Waals surface area contributed by atoms with Gasteiger partial charge in [0.1, 0.15) is 5.54 Å². The van der Waals surface area contributed by atoms with Crippen molar-refractivity contribution in [1.29, 1.82) is 0 Å². The summed E-state index contributed by atoms with van der Waals surface area (Å²) in [5.41, 5.74) is 0.0512. The second-order valence-corrected chi connectivity index (χ2v) is 9.01. The first kappa shape index (κ1) is 20.5. The molecule has 5 rings (SSSR count). The predicted molar refractivity (Wildman–Crippen MR) is 114 cm³/mol. The molecule has 3 aliphatic rings. The normalized spacial score (nSPS) is 30.0. The maximum atomic E-state index is 13.6. The molecule has 3 amide bonds. The van der Waals surface area contributed by atoms with E-state index in [1.54, 1.807) is 42.5 Å². The van der Waals surface area contributed by atoms with Crippen LogP contribution in [-0.4, -0.2) is 39.9 Å². The predicted octanol–water partition coefficient (Wildman–Crippen LogP) is 2.29. The Morgan fingerprint density at radius 2 is 1.77 bits per heavy atom. The molecule has 9 heteroatoms. The van der Waals surface area contributed by atoms with Gasteiger partial charge in [-0.25, -0.2) is 0 Å². The lowest BCUT2D eigenvalue weighted by Gasteiger charge is -2.30. The average Bonchev–Trinajstić information content (AvgIpc) is 3.32. The third-order valence-electron chi connectivity index (χ3n) is 6.53. The molecule has 3 heterocycles. The maximum absolute atomic E-state index is 13.6. The first-order chi connectivity index (χ1) is 14.8. The number of anilines is 1. The quantitative estimate of drug-likeness (QED) is 0.611. The number of aliphatic hydroxyl groups is 1. The highest BCUT2D eigenvalue weighted by Crippen LogP contribution is 2.54. The van der Waals surface area contributed by atoms with Crippen LogP contribution >= 0.6 is 23.2 Å². The first-order valence-corrected chi connectivity index (χ1v) is 10.7. The van der Waals surface area contributed by atoms with Gasteiger partial charge < -0.3 is 10.4 Å². The van der Waals surface area contributed by atoms with Gasteiger partial charge in [-0.1, -0.05) is 53.5 Å². The van der Waals surface area contributed by atoms with Crippen LogP contribution in [0.15, 0.2) is 42.5 Å². The molecule has 7 nitrogen and oxygen atoms in total. The van der Waals surface area contributed by atoms with Gasteiger partial charge >= 0.3 is 0 Å². The van der Waals surface area contributed by atoms with Crippen LogP contribution in [0.2, 0.25) is 10.0 Å². The molecule has 5 atom stereocenters. The first-order valence-electron chi connectivity index (χ1n) is 9.92. The van der Waals surface area contributed by atoms with Gasteiger partial charge in [-0.3, -0.25) is 24.6 Å². The third-order valence-corrected chi connectivity index (χ3v) is 7.21. The number of aliphatic hydroxyl groups excluding tert-OH is 1. The third kappa shape index (κ3) is 2.70. The van der Waals surface area contributed by atoms with Gasteiger partial charge in [0.05, 0.1) is 35.2 Å². The van der Waals surface area contributed by atoms with Crippen molar-refractivity contribution in [3.05, 3.63) is 63.6 Å². The number of halogens is 2. The second kappa shape index (κ2) is 7.03. The highest BCUT2D eigenvalue weighted by molar-refractivity contribution is 6.35. The molecule has 0 aliphatic carbocycles. The number of carbonyl (C=O) groups is 3. The largest absolute Gasteiger partial charge is 0.392 e. The second-order valence-electron chi connectivity index (χ2n) is 8.19. The number of para-hydroxylation sites is 1. The van der Waals surface area contributed by atoms with E-state index >= 15 is 0 Å². The van der Waals surface area contributed by atoms with Crippen LogP contribution in [-0.2, 0) is 26.5 Å². The highest BCUT2D eigenvalue weighted by atomic mass is 35.5. The van der Waals surface area contributed by atoms with Gasteiger partial charge in [0.15, 0.2) is 0 Å². The van der Waals surface area contributed by atoms with Gasteiger partial charge in [-0.15, -0.1) is 0 Å². The molecule has 0 saturated carbocycles. The van der Waals surface area contributed by atoms with Crippen molar-refractivity contribution in [2.45, 2.75) is 31.2 Å². The summed E-state index contributed by atoms with van der Waals surface area (Å²) in [4.78, 5) is 41.4.